The van der Waals surface area contributed by atoms with Crippen LogP contribution < -0.4 is 10.6 Å². The van der Waals surface area contributed by atoms with Crippen LogP contribution in [0.25, 0.3) is 0 Å². The van der Waals surface area contributed by atoms with E-state index in [-0.39, 0.29) is 24.4 Å². The van der Waals surface area contributed by atoms with Crippen LogP contribution in [0.5, 0.6) is 0 Å². The average molecular weight is 279 g/mol. The summed E-state index contributed by atoms with van der Waals surface area (Å²) < 4.78 is 0. The van der Waals surface area contributed by atoms with Crippen molar-refractivity contribution < 1.29 is 9.59 Å². The van der Waals surface area contributed by atoms with Crippen molar-refractivity contribution in [3.63, 3.8) is 0 Å². The van der Waals surface area contributed by atoms with Crippen molar-refractivity contribution in [1.29, 1.82) is 0 Å². The lowest BCUT2D eigenvalue weighted by Gasteiger charge is -2.20. The Morgan fingerprint density at radius 1 is 1.42 bits per heavy atom. The Morgan fingerprint density at radius 3 is 2.79 bits per heavy atom. The summed E-state index contributed by atoms with van der Waals surface area (Å²) in [5.74, 6) is 1.34. The van der Waals surface area contributed by atoms with Gasteiger partial charge >= 0.3 is 0 Å². The summed E-state index contributed by atoms with van der Waals surface area (Å²) in [6.45, 7) is 0.0660. The number of hydrogen-bond acceptors (Lipinski definition) is 4. The number of carbonyl (C=O) groups is 2. The van der Waals surface area contributed by atoms with Gasteiger partial charge in [0, 0.05) is 24.4 Å². The second-order valence-electron chi connectivity index (χ2n) is 4.38. The molecule has 2 N–H and O–H groups in total. The minimum Gasteiger partial charge on any atom is -0.335 e. The normalized spacial score (nSPS) is 18.1. The van der Waals surface area contributed by atoms with Gasteiger partial charge in [0.25, 0.3) is 0 Å². The summed E-state index contributed by atoms with van der Waals surface area (Å²) in [6.07, 6.45) is 0. The fraction of sp³-hybridized carbons (Fsp3) is 0.385. The van der Waals surface area contributed by atoms with Crippen molar-refractivity contribution in [1.82, 2.24) is 10.2 Å². The number of benzene rings is 1. The molecule has 0 bridgehead atoms. The van der Waals surface area contributed by atoms with E-state index in [9.17, 15) is 9.59 Å². The Balaban J connectivity index is 1.83. The smallest absolute Gasteiger partial charge is 0.243 e. The third-order valence-corrected chi connectivity index (χ3v) is 3.77. The molecule has 0 saturated carbocycles. The number of thioether (sulfide) groups is 1. The molecule has 1 aliphatic rings. The van der Waals surface area contributed by atoms with Crippen molar-refractivity contribution >= 4 is 29.3 Å². The molecule has 1 unspecified atom stereocenters. The largest absolute Gasteiger partial charge is 0.335 e. The van der Waals surface area contributed by atoms with E-state index in [1.54, 1.807) is 18.8 Å². The zero-order valence-electron chi connectivity index (χ0n) is 10.8. The van der Waals surface area contributed by atoms with E-state index in [0.29, 0.717) is 0 Å². The molecule has 1 aromatic rings. The van der Waals surface area contributed by atoms with E-state index in [1.165, 1.54) is 4.90 Å². The molecule has 2 amide bonds. The molecule has 0 radical (unpaired) electrons. The first kappa shape index (κ1) is 13.9. The Bertz CT molecular complexity index is 446. The highest BCUT2D eigenvalue weighted by Crippen LogP contribution is 2.11. The Hall–Kier alpha value is -1.53. The molecule has 1 aliphatic heterocycles. The predicted molar refractivity (Wildman–Crippen MR) is 77.0 cm³/mol. The number of rotatable bonds is 4. The van der Waals surface area contributed by atoms with Crippen molar-refractivity contribution in [2.24, 2.45) is 0 Å². The molecule has 19 heavy (non-hydrogen) atoms. The molecule has 2 rings (SSSR count). The maximum atomic E-state index is 12.0. The summed E-state index contributed by atoms with van der Waals surface area (Å²) in [5.41, 5.74) is 0.739. The number of amides is 2. The van der Waals surface area contributed by atoms with Crippen molar-refractivity contribution in [2.75, 3.05) is 30.5 Å². The van der Waals surface area contributed by atoms with Crippen LogP contribution in [0, 0.1) is 0 Å². The van der Waals surface area contributed by atoms with Crippen LogP contribution in [0.2, 0.25) is 0 Å². The Kier molecular flexibility index (Phi) is 4.81. The molecule has 1 saturated heterocycles. The summed E-state index contributed by atoms with van der Waals surface area (Å²) in [7, 11) is 1.65. The second kappa shape index (κ2) is 6.58. The molecular formula is C13H17N3O2S. The van der Waals surface area contributed by atoms with Crippen LogP contribution in [0.15, 0.2) is 30.3 Å². The van der Waals surface area contributed by atoms with Gasteiger partial charge in [0.2, 0.25) is 11.8 Å². The van der Waals surface area contributed by atoms with Crippen LogP contribution in [0.1, 0.15) is 0 Å². The predicted octanol–water partition coefficient (Wildman–Crippen LogP) is 0.746. The third kappa shape index (κ3) is 3.97. The maximum Gasteiger partial charge on any atom is 0.243 e. The fourth-order valence-corrected chi connectivity index (χ4v) is 2.77. The van der Waals surface area contributed by atoms with Gasteiger partial charge in [-0.3, -0.25) is 14.9 Å². The zero-order chi connectivity index (χ0) is 13.7. The lowest BCUT2D eigenvalue weighted by atomic mass is 10.3. The summed E-state index contributed by atoms with van der Waals surface area (Å²) in [5, 5.41) is 5.86. The summed E-state index contributed by atoms with van der Waals surface area (Å²) in [4.78, 5) is 25.3. The van der Waals surface area contributed by atoms with Crippen molar-refractivity contribution in [2.45, 2.75) is 6.04 Å². The monoisotopic (exact) mass is 279 g/mol. The molecule has 1 heterocycles. The number of anilines is 1. The highest BCUT2D eigenvalue weighted by molar-refractivity contribution is 7.99. The molecule has 1 atom stereocenters. The lowest BCUT2D eigenvalue weighted by molar-refractivity contribution is -0.134. The summed E-state index contributed by atoms with van der Waals surface area (Å²) >= 11 is 1.69. The first-order valence-corrected chi connectivity index (χ1v) is 7.23. The minimum atomic E-state index is -0.187. The number of carbonyl (C=O) groups excluding carboxylic acids is 2. The summed E-state index contributed by atoms with van der Waals surface area (Å²) in [6, 6.07) is 9.05. The van der Waals surface area contributed by atoms with Crippen LogP contribution >= 0.6 is 11.8 Å². The molecule has 102 valence electrons. The van der Waals surface area contributed by atoms with E-state index in [1.807, 2.05) is 30.3 Å². The Labute approximate surface area is 116 Å². The van der Waals surface area contributed by atoms with Crippen LogP contribution in [0.4, 0.5) is 5.69 Å². The topological polar surface area (TPSA) is 61.4 Å². The average Bonchev–Trinajstić information content (AvgIpc) is 2.92. The number of nitrogens with zero attached hydrogens (tertiary/aromatic N) is 1. The number of hydrogen-bond donors (Lipinski definition) is 2. The molecule has 6 heteroatoms. The van der Waals surface area contributed by atoms with E-state index < -0.39 is 0 Å². The SMILES string of the molecule is CN(CC(=O)Nc1ccccc1)C(=O)C1CSCN1. The number of para-hydroxylation sites is 1. The highest BCUT2D eigenvalue weighted by Gasteiger charge is 2.26. The van der Waals surface area contributed by atoms with Gasteiger partial charge in [-0.2, -0.15) is 0 Å². The minimum absolute atomic E-state index is 0.0341. The van der Waals surface area contributed by atoms with Crippen LogP contribution in [0.3, 0.4) is 0 Å². The second-order valence-corrected chi connectivity index (χ2v) is 5.41. The first-order valence-electron chi connectivity index (χ1n) is 6.08. The van der Waals surface area contributed by atoms with Gasteiger partial charge in [-0.15, -0.1) is 11.8 Å². The van der Waals surface area contributed by atoms with Crippen LogP contribution in [-0.2, 0) is 9.59 Å². The first-order chi connectivity index (χ1) is 9.16. The van der Waals surface area contributed by atoms with Crippen molar-refractivity contribution in [3.8, 4) is 0 Å². The van der Waals surface area contributed by atoms with Gasteiger partial charge < -0.3 is 10.2 Å². The molecule has 5 nitrogen and oxygen atoms in total. The highest BCUT2D eigenvalue weighted by atomic mass is 32.2. The van der Waals surface area contributed by atoms with Gasteiger partial charge in [-0.05, 0) is 12.1 Å². The van der Waals surface area contributed by atoms with Gasteiger partial charge in [0.1, 0.15) is 0 Å². The van der Waals surface area contributed by atoms with E-state index >= 15 is 0 Å². The maximum absolute atomic E-state index is 12.0. The van der Waals surface area contributed by atoms with Gasteiger partial charge in [0.05, 0.1) is 12.6 Å². The zero-order valence-corrected chi connectivity index (χ0v) is 11.6. The number of likely N-dealkylation sites (N-methyl/N-ethyl adjacent to an activating group) is 1. The molecule has 0 aromatic heterocycles. The van der Waals surface area contributed by atoms with Gasteiger partial charge in [-0.1, -0.05) is 18.2 Å². The molecule has 1 aromatic carbocycles. The molecule has 0 spiro atoms. The molecule has 0 aliphatic carbocycles. The quantitative estimate of drug-likeness (QED) is 0.853. The van der Waals surface area contributed by atoms with E-state index in [2.05, 4.69) is 10.6 Å². The van der Waals surface area contributed by atoms with E-state index in [0.717, 1.165) is 17.3 Å². The lowest BCUT2D eigenvalue weighted by Crippen LogP contribution is -2.45. The van der Waals surface area contributed by atoms with Gasteiger partial charge in [-0.25, -0.2) is 0 Å². The van der Waals surface area contributed by atoms with Gasteiger partial charge in [0.15, 0.2) is 0 Å². The Morgan fingerprint density at radius 2 is 2.16 bits per heavy atom. The van der Waals surface area contributed by atoms with E-state index in [4.69, 9.17) is 0 Å². The molecule has 1 fully saturated rings. The van der Waals surface area contributed by atoms with Crippen LogP contribution in [-0.4, -0.2) is 48.0 Å². The molecular weight excluding hydrogens is 262 g/mol. The third-order valence-electron chi connectivity index (χ3n) is 2.83. The fourth-order valence-electron chi connectivity index (χ4n) is 1.84. The van der Waals surface area contributed by atoms with Crippen molar-refractivity contribution in [3.05, 3.63) is 30.3 Å². The standard InChI is InChI=1S/C13H17N3O2S/c1-16(13(18)11-8-19-9-14-11)7-12(17)15-10-5-3-2-4-6-10/h2-6,11,14H,7-9H2,1H3,(H,15,17). The number of nitrogens with one attached hydrogen (secondary N) is 2.